The van der Waals surface area contributed by atoms with E-state index in [0.29, 0.717) is 22.7 Å². The largest absolute Gasteiger partial charge is 0.483 e. The van der Waals surface area contributed by atoms with Crippen LogP contribution < -0.4 is 15.4 Å². The maximum Gasteiger partial charge on any atom is 0.337 e. The molecule has 2 rings (SSSR count). The summed E-state index contributed by atoms with van der Waals surface area (Å²) in [7, 11) is 1.30. The van der Waals surface area contributed by atoms with E-state index >= 15 is 0 Å². The molecule has 7 heteroatoms. The fourth-order valence-corrected chi connectivity index (χ4v) is 2.18. The number of hydrogen-bond donors (Lipinski definition) is 2. The zero-order valence-electron chi connectivity index (χ0n) is 14.8. The smallest absolute Gasteiger partial charge is 0.337 e. The molecular weight excluding hydrogens is 336 g/mol. The van der Waals surface area contributed by atoms with Crippen molar-refractivity contribution < 1.29 is 23.9 Å². The van der Waals surface area contributed by atoms with Gasteiger partial charge in [-0.05, 0) is 48.9 Å². The number of carbonyl (C=O) groups excluding carboxylic acids is 3. The summed E-state index contributed by atoms with van der Waals surface area (Å²) in [6.07, 6.45) is 0. The summed E-state index contributed by atoms with van der Waals surface area (Å²) >= 11 is 0. The first-order valence-corrected chi connectivity index (χ1v) is 7.88. The number of ether oxygens (including phenoxy) is 2. The fourth-order valence-electron chi connectivity index (χ4n) is 2.18. The van der Waals surface area contributed by atoms with E-state index in [1.54, 1.807) is 36.4 Å². The van der Waals surface area contributed by atoms with Gasteiger partial charge in [0.2, 0.25) is 5.91 Å². The first-order valence-electron chi connectivity index (χ1n) is 7.88. The molecular formula is C19H20N2O5. The van der Waals surface area contributed by atoms with Crippen LogP contribution in [0.3, 0.4) is 0 Å². The van der Waals surface area contributed by atoms with Crippen molar-refractivity contribution in [1.29, 1.82) is 0 Å². The SMILES string of the molecule is COC(=O)c1ccc(C)c(OCC(=O)Nc2ccc(NC(C)=O)cc2)c1. The van der Waals surface area contributed by atoms with Crippen molar-refractivity contribution in [3.8, 4) is 5.75 Å². The predicted octanol–water partition coefficient (Wildman–Crippen LogP) is 2.76. The van der Waals surface area contributed by atoms with E-state index in [1.807, 2.05) is 6.92 Å². The number of nitrogens with one attached hydrogen (secondary N) is 2. The van der Waals surface area contributed by atoms with Gasteiger partial charge in [0.05, 0.1) is 12.7 Å². The zero-order valence-corrected chi connectivity index (χ0v) is 14.8. The summed E-state index contributed by atoms with van der Waals surface area (Å²) in [6, 6.07) is 11.6. The Balaban J connectivity index is 1.94. The zero-order chi connectivity index (χ0) is 19.1. The number of carbonyl (C=O) groups is 3. The maximum atomic E-state index is 12.0. The average Bonchev–Trinajstić information content (AvgIpc) is 2.61. The minimum atomic E-state index is -0.474. The van der Waals surface area contributed by atoms with Crippen molar-refractivity contribution in [3.05, 3.63) is 53.6 Å². The van der Waals surface area contributed by atoms with Gasteiger partial charge in [0.1, 0.15) is 5.75 Å². The highest BCUT2D eigenvalue weighted by Gasteiger charge is 2.10. The van der Waals surface area contributed by atoms with E-state index in [0.717, 1.165) is 5.56 Å². The third kappa shape index (κ3) is 5.34. The molecule has 2 aromatic carbocycles. The molecule has 0 heterocycles. The lowest BCUT2D eigenvalue weighted by atomic mass is 10.1. The Kier molecular flexibility index (Phi) is 6.32. The van der Waals surface area contributed by atoms with Crippen molar-refractivity contribution in [3.63, 3.8) is 0 Å². The van der Waals surface area contributed by atoms with Gasteiger partial charge < -0.3 is 20.1 Å². The molecule has 136 valence electrons. The highest BCUT2D eigenvalue weighted by Crippen LogP contribution is 2.20. The Morgan fingerprint density at radius 2 is 1.58 bits per heavy atom. The minimum absolute atomic E-state index is 0.167. The lowest BCUT2D eigenvalue weighted by molar-refractivity contribution is -0.118. The van der Waals surface area contributed by atoms with E-state index in [9.17, 15) is 14.4 Å². The molecule has 0 bridgehead atoms. The molecule has 0 aromatic heterocycles. The Labute approximate surface area is 151 Å². The van der Waals surface area contributed by atoms with Gasteiger partial charge in [-0.3, -0.25) is 9.59 Å². The number of esters is 1. The Bertz CT molecular complexity index is 815. The standard InChI is InChI=1S/C19H20N2O5/c1-12-4-5-14(19(24)25-3)10-17(12)26-11-18(23)21-16-8-6-15(7-9-16)20-13(2)22/h4-10H,11H2,1-3H3,(H,20,22)(H,21,23). The van der Waals surface area contributed by atoms with E-state index in [-0.39, 0.29) is 18.4 Å². The fraction of sp³-hybridized carbons (Fsp3) is 0.211. The van der Waals surface area contributed by atoms with E-state index < -0.39 is 5.97 Å². The molecule has 0 fully saturated rings. The van der Waals surface area contributed by atoms with Crippen LogP contribution in [0.25, 0.3) is 0 Å². The van der Waals surface area contributed by atoms with Crippen LogP contribution in [0.1, 0.15) is 22.8 Å². The first-order chi connectivity index (χ1) is 12.4. The number of anilines is 2. The Hall–Kier alpha value is -3.35. The molecule has 2 aromatic rings. The second kappa shape index (κ2) is 8.66. The topological polar surface area (TPSA) is 93.7 Å². The molecule has 0 radical (unpaired) electrons. The van der Waals surface area contributed by atoms with Gasteiger partial charge in [0, 0.05) is 18.3 Å². The summed E-state index contributed by atoms with van der Waals surface area (Å²) in [6.45, 7) is 3.03. The van der Waals surface area contributed by atoms with Crippen LogP contribution in [-0.2, 0) is 14.3 Å². The highest BCUT2D eigenvalue weighted by atomic mass is 16.5. The van der Waals surface area contributed by atoms with Crippen LogP contribution in [0.5, 0.6) is 5.75 Å². The quantitative estimate of drug-likeness (QED) is 0.776. The third-order valence-electron chi connectivity index (χ3n) is 3.46. The lowest BCUT2D eigenvalue weighted by Crippen LogP contribution is -2.20. The Morgan fingerprint density at radius 1 is 0.962 bits per heavy atom. The van der Waals surface area contributed by atoms with Gasteiger partial charge in [-0.15, -0.1) is 0 Å². The average molecular weight is 356 g/mol. The van der Waals surface area contributed by atoms with Crippen molar-refractivity contribution >= 4 is 29.2 Å². The molecule has 0 aliphatic carbocycles. The number of amides is 2. The van der Waals surface area contributed by atoms with Gasteiger partial charge in [0.25, 0.3) is 5.91 Å². The number of methoxy groups -OCH3 is 1. The molecule has 2 amide bonds. The van der Waals surface area contributed by atoms with Crippen LogP contribution in [0, 0.1) is 6.92 Å². The number of benzene rings is 2. The summed E-state index contributed by atoms with van der Waals surface area (Å²) in [5.41, 5.74) is 2.36. The van der Waals surface area contributed by atoms with E-state index in [1.165, 1.54) is 20.1 Å². The maximum absolute atomic E-state index is 12.0. The van der Waals surface area contributed by atoms with Crippen molar-refractivity contribution in [1.82, 2.24) is 0 Å². The second-order valence-corrected chi connectivity index (χ2v) is 5.57. The van der Waals surface area contributed by atoms with Crippen molar-refractivity contribution in [2.75, 3.05) is 24.4 Å². The molecule has 2 N–H and O–H groups in total. The molecule has 0 aliphatic rings. The van der Waals surface area contributed by atoms with Crippen LogP contribution in [0.15, 0.2) is 42.5 Å². The van der Waals surface area contributed by atoms with Crippen molar-refractivity contribution in [2.24, 2.45) is 0 Å². The van der Waals surface area contributed by atoms with E-state index in [2.05, 4.69) is 15.4 Å². The number of hydrogen-bond acceptors (Lipinski definition) is 5. The molecule has 0 aliphatic heterocycles. The summed E-state index contributed by atoms with van der Waals surface area (Å²) in [4.78, 5) is 34.6. The lowest BCUT2D eigenvalue weighted by Gasteiger charge is -2.11. The molecule has 7 nitrogen and oxygen atoms in total. The van der Waals surface area contributed by atoms with Gasteiger partial charge in [-0.25, -0.2) is 4.79 Å². The van der Waals surface area contributed by atoms with E-state index in [4.69, 9.17) is 4.74 Å². The van der Waals surface area contributed by atoms with Gasteiger partial charge in [0.15, 0.2) is 6.61 Å². The summed E-state index contributed by atoms with van der Waals surface area (Å²) in [5, 5.41) is 5.34. The number of aryl methyl sites for hydroxylation is 1. The first kappa shape index (κ1) is 19.0. The molecule has 0 unspecified atom stereocenters. The molecule has 0 atom stereocenters. The Morgan fingerprint density at radius 3 is 2.15 bits per heavy atom. The van der Waals surface area contributed by atoms with Crippen LogP contribution in [-0.4, -0.2) is 31.5 Å². The predicted molar refractivity (Wildman–Crippen MR) is 97.4 cm³/mol. The molecule has 0 saturated carbocycles. The van der Waals surface area contributed by atoms with Gasteiger partial charge >= 0.3 is 5.97 Å². The van der Waals surface area contributed by atoms with Crippen molar-refractivity contribution in [2.45, 2.75) is 13.8 Å². The third-order valence-corrected chi connectivity index (χ3v) is 3.46. The molecule has 26 heavy (non-hydrogen) atoms. The van der Waals surface area contributed by atoms with Crippen LogP contribution >= 0.6 is 0 Å². The van der Waals surface area contributed by atoms with Gasteiger partial charge in [-0.1, -0.05) is 6.07 Å². The van der Waals surface area contributed by atoms with Gasteiger partial charge in [-0.2, -0.15) is 0 Å². The summed E-state index contributed by atoms with van der Waals surface area (Å²) in [5.74, 6) is -0.553. The van der Waals surface area contributed by atoms with Crippen LogP contribution in [0.2, 0.25) is 0 Å². The highest BCUT2D eigenvalue weighted by molar-refractivity contribution is 5.93. The molecule has 0 saturated heterocycles. The normalized spacial score (nSPS) is 9.96. The molecule has 0 spiro atoms. The monoisotopic (exact) mass is 356 g/mol. The van der Waals surface area contributed by atoms with Crippen LogP contribution in [0.4, 0.5) is 11.4 Å². The number of rotatable bonds is 6. The minimum Gasteiger partial charge on any atom is -0.483 e. The second-order valence-electron chi connectivity index (χ2n) is 5.57. The summed E-state index contributed by atoms with van der Waals surface area (Å²) < 4.78 is 10.2.